The van der Waals surface area contributed by atoms with Crippen molar-refractivity contribution in [2.75, 3.05) is 20.8 Å². The molecule has 1 aliphatic rings. The van der Waals surface area contributed by atoms with Crippen LogP contribution in [0.3, 0.4) is 0 Å². The van der Waals surface area contributed by atoms with Gasteiger partial charge >= 0.3 is 0 Å². The zero-order valence-corrected chi connectivity index (χ0v) is 14.6. The first kappa shape index (κ1) is 16.7. The fourth-order valence-corrected chi connectivity index (χ4v) is 3.05. The standard InChI is InChI=1S/C20H25NO3/c1-4-17-14-21(12-15-5-7-18(22-2)8-6-15)13-16-11-19(23-3)9-10-20(16)24-17/h5-11,17H,4,12-14H2,1-3H3. The topological polar surface area (TPSA) is 30.9 Å². The van der Waals surface area contributed by atoms with E-state index in [1.54, 1.807) is 14.2 Å². The van der Waals surface area contributed by atoms with Gasteiger partial charge in [-0.3, -0.25) is 4.90 Å². The first-order chi connectivity index (χ1) is 11.7. The molecular weight excluding hydrogens is 302 g/mol. The molecule has 0 saturated carbocycles. The highest BCUT2D eigenvalue weighted by molar-refractivity contribution is 5.41. The smallest absolute Gasteiger partial charge is 0.124 e. The van der Waals surface area contributed by atoms with Crippen LogP contribution in [0.1, 0.15) is 24.5 Å². The number of benzene rings is 2. The SMILES string of the molecule is CCC1CN(Cc2ccc(OC)cc2)Cc2cc(OC)ccc2O1. The summed E-state index contributed by atoms with van der Waals surface area (Å²) in [5.41, 5.74) is 2.45. The number of rotatable bonds is 5. The van der Waals surface area contributed by atoms with E-state index < -0.39 is 0 Å². The summed E-state index contributed by atoms with van der Waals surface area (Å²) in [6, 6.07) is 14.3. The quantitative estimate of drug-likeness (QED) is 0.834. The number of hydrogen-bond donors (Lipinski definition) is 0. The van der Waals surface area contributed by atoms with Crippen molar-refractivity contribution in [2.24, 2.45) is 0 Å². The summed E-state index contributed by atoms with van der Waals surface area (Å²) in [4.78, 5) is 2.43. The molecule has 128 valence electrons. The number of hydrogen-bond acceptors (Lipinski definition) is 4. The summed E-state index contributed by atoms with van der Waals surface area (Å²) >= 11 is 0. The second-order valence-electron chi connectivity index (χ2n) is 6.14. The van der Waals surface area contributed by atoms with Crippen LogP contribution >= 0.6 is 0 Å². The van der Waals surface area contributed by atoms with Crippen molar-refractivity contribution in [3.63, 3.8) is 0 Å². The van der Waals surface area contributed by atoms with Crippen molar-refractivity contribution in [1.29, 1.82) is 0 Å². The second kappa shape index (κ2) is 7.58. The second-order valence-corrected chi connectivity index (χ2v) is 6.14. The van der Waals surface area contributed by atoms with Crippen molar-refractivity contribution >= 4 is 0 Å². The zero-order valence-electron chi connectivity index (χ0n) is 14.6. The molecule has 1 heterocycles. The molecule has 0 fully saturated rings. The van der Waals surface area contributed by atoms with Crippen LogP contribution < -0.4 is 14.2 Å². The fourth-order valence-electron chi connectivity index (χ4n) is 3.05. The average Bonchev–Trinajstić information content (AvgIpc) is 2.80. The molecule has 0 saturated heterocycles. The Morgan fingerprint density at radius 1 is 1.04 bits per heavy atom. The molecule has 0 radical (unpaired) electrons. The highest BCUT2D eigenvalue weighted by Crippen LogP contribution is 2.30. The molecule has 2 aromatic rings. The fraction of sp³-hybridized carbons (Fsp3) is 0.400. The minimum atomic E-state index is 0.206. The maximum atomic E-state index is 6.19. The Hall–Kier alpha value is -2.20. The third kappa shape index (κ3) is 3.82. The van der Waals surface area contributed by atoms with Gasteiger partial charge in [0.1, 0.15) is 23.4 Å². The molecule has 3 rings (SSSR count). The Kier molecular flexibility index (Phi) is 5.26. The highest BCUT2D eigenvalue weighted by Gasteiger charge is 2.22. The summed E-state index contributed by atoms with van der Waals surface area (Å²) in [5, 5.41) is 0. The van der Waals surface area contributed by atoms with Gasteiger partial charge in [-0.2, -0.15) is 0 Å². The van der Waals surface area contributed by atoms with E-state index in [0.29, 0.717) is 0 Å². The van der Waals surface area contributed by atoms with Crippen molar-refractivity contribution in [1.82, 2.24) is 4.90 Å². The number of nitrogens with zero attached hydrogens (tertiary/aromatic N) is 1. The molecule has 0 bridgehead atoms. The molecule has 0 N–H and O–H groups in total. The maximum absolute atomic E-state index is 6.19. The van der Waals surface area contributed by atoms with E-state index in [2.05, 4.69) is 30.0 Å². The molecule has 24 heavy (non-hydrogen) atoms. The van der Waals surface area contributed by atoms with Crippen molar-refractivity contribution in [2.45, 2.75) is 32.5 Å². The van der Waals surface area contributed by atoms with E-state index in [9.17, 15) is 0 Å². The Morgan fingerprint density at radius 2 is 1.75 bits per heavy atom. The lowest BCUT2D eigenvalue weighted by Crippen LogP contribution is -2.32. The van der Waals surface area contributed by atoms with Crippen molar-refractivity contribution < 1.29 is 14.2 Å². The molecule has 1 atom stereocenters. The van der Waals surface area contributed by atoms with Crippen molar-refractivity contribution in [3.8, 4) is 17.2 Å². The molecular formula is C20H25NO3. The average molecular weight is 327 g/mol. The van der Waals surface area contributed by atoms with Gasteiger partial charge in [-0.25, -0.2) is 0 Å². The van der Waals surface area contributed by atoms with Gasteiger partial charge in [-0.1, -0.05) is 19.1 Å². The number of ether oxygens (including phenoxy) is 3. The van der Waals surface area contributed by atoms with Crippen LogP contribution in [0.5, 0.6) is 17.2 Å². The summed E-state index contributed by atoms with van der Waals surface area (Å²) in [5.74, 6) is 2.73. The largest absolute Gasteiger partial charge is 0.497 e. The monoisotopic (exact) mass is 327 g/mol. The first-order valence-corrected chi connectivity index (χ1v) is 8.40. The minimum Gasteiger partial charge on any atom is -0.497 e. The van der Waals surface area contributed by atoms with Gasteiger partial charge in [0.2, 0.25) is 0 Å². The number of methoxy groups -OCH3 is 2. The molecule has 1 unspecified atom stereocenters. The lowest BCUT2D eigenvalue weighted by atomic mass is 10.1. The lowest BCUT2D eigenvalue weighted by Gasteiger charge is -2.23. The van der Waals surface area contributed by atoms with E-state index in [4.69, 9.17) is 14.2 Å². The Bertz CT molecular complexity index is 669. The first-order valence-electron chi connectivity index (χ1n) is 8.40. The zero-order chi connectivity index (χ0) is 16.9. The van der Waals surface area contributed by atoms with Crippen LogP contribution in [0, 0.1) is 0 Å². The van der Waals surface area contributed by atoms with Crippen LogP contribution in [0.4, 0.5) is 0 Å². The predicted molar refractivity (Wildman–Crippen MR) is 94.8 cm³/mol. The van der Waals surface area contributed by atoms with Crippen LogP contribution in [0.15, 0.2) is 42.5 Å². The van der Waals surface area contributed by atoms with Gasteiger partial charge in [-0.05, 0) is 42.3 Å². The molecule has 4 heteroatoms. The van der Waals surface area contributed by atoms with Gasteiger partial charge in [0.05, 0.1) is 14.2 Å². The van der Waals surface area contributed by atoms with Gasteiger partial charge in [0.15, 0.2) is 0 Å². The van der Waals surface area contributed by atoms with Gasteiger partial charge in [0, 0.05) is 25.2 Å². The molecule has 0 amide bonds. The molecule has 0 aromatic heterocycles. The van der Waals surface area contributed by atoms with Crippen LogP contribution in [0.25, 0.3) is 0 Å². The van der Waals surface area contributed by atoms with E-state index in [-0.39, 0.29) is 6.10 Å². The van der Waals surface area contributed by atoms with Crippen LogP contribution in [-0.4, -0.2) is 31.8 Å². The Labute approximate surface area is 144 Å². The van der Waals surface area contributed by atoms with E-state index in [0.717, 1.165) is 43.3 Å². The molecule has 2 aromatic carbocycles. The summed E-state index contributed by atoms with van der Waals surface area (Å²) in [6.45, 7) is 4.83. The van der Waals surface area contributed by atoms with Crippen LogP contribution in [0.2, 0.25) is 0 Å². The molecule has 0 spiro atoms. The van der Waals surface area contributed by atoms with Gasteiger partial charge in [-0.15, -0.1) is 0 Å². The minimum absolute atomic E-state index is 0.206. The molecule has 1 aliphatic heterocycles. The predicted octanol–water partition coefficient (Wildman–Crippen LogP) is 3.88. The van der Waals surface area contributed by atoms with E-state index in [1.807, 2.05) is 24.3 Å². The van der Waals surface area contributed by atoms with E-state index >= 15 is 0 Å². The third-order valence-electron chi connectivity index (χ3n) is 4.44. The highest BCUT2D eigenvalue weighted by atomic mass is 16.5. The molecule has 4 nitrogen and oxygen atoms in total. The lowest BCUT2D eigenvalue weighted by molar-refractivity contribution is 0.139. The molecule has 0 aliphatic carbocycles. The van der Waals surface area contributed by atoms with Crippen LogP contribution in [-0.2, 0) is 13.1 Å². The Morgan fingerprint density at radius 3 is 2.42 bits per heavy atom. The normalized spacial score (nSPS) is 17.5. The Balaban J connectivity index is 1.81. The third-order valence-corrected chi connectivity index (χ3v) is 4.44. The number of fused-ring (bicyclic) bond motifs is 1. The maximum Gasteiger partial charge on any atom is 0.124 e. The van der Waals surface area contributed by atoms with Crippen molar-refractivity contribution in [3.05, 3.63) is 53.6 Å². The van der Waals surface area contributed by atoms with Gasteiger partial charge < -0.3 is 14.2 Å². The van der Waals surface area contributed by atoms with Gasteiger partial charge in [0.25, 0.3) is 0 Å². The summed E-state index contributed by atoms with van der Waals surface area (Å²) in [6.07, 6.45) is 1.20. The summed E-state index contributed by atoms with van der Waals surface area (Å²) in [7, 11) is 3.39. The summed E-state index contributed by atoms with van der Waals surface area (Å²) < 4.78 is 16.8. The van der Waals surface area contributed by atoms with E-state index in [1.165, 1.54) is 11.1 Å².